The van der Waals surface area contributed by atoms with Gasteiger partial charge in [0.2, 0.25) is 0 Å². The summed E-state index contributed by atoms with van der Waals surface area (Å²) in [5.74, 6) is -0.145. The molecule has 5 nitrogen and oxygen atoms in total. The van der Waals surface area contributed by atoms with Crippen LogP contribution in [0.5, 0.6) is 0 Å². The van der Waals surface area contributed by atoms with Crippen LogP contribution in [-0.4, -0.2) is 36.0 Å². The standard InChI is InChI=1S/C21H26N2O3/c24-20-19(26-21(25)23(20)18-7-3-1-4-8-18)15-16-9-11-17(12-10-16)22-13-5-2-6-14-22/h9-12,15,18H,1-8,13-14H2/b19-15+. The lowest BCUT2D eigenvalue weighted by molar-refractivity contribution is -0.125. The van der Waals surface area contributed by atoms with Crippen LogP contribution in [-0.2, 0) is 9.53 Å². The van der Waals surface area contributed by atoms with Crippen LogP contribution >= 0.6 is 0 Å². The number of rotatable bonds is 3. The molecule has 0 unspecified atom stereocenters. The van der Waals surface area contributed by atoms with E-state index in [0.29, 0.717) is 0 Å². The van der Waals surface area contributed by atoms with Crippen LogP contribution in [0, 0.1) is 0 Å². The number of benzene rings is 1. The Hall–Kier alpha value is -2.30. The van der Waals surface area contributed by atoms with Gasteiger partial charge in [0.15, 0.2) is 5.76 Å². The van der Waals surface area contributed by atoms with Gasteiger partial charge in [0.1, 0.15) is 0 Å². The summed E-state index contributed by atoms with van der Waals surface area (Å²) in [6.07, 6.45) is 10.1. The van der Waals surface area contributed by atoms with E-state index in [1.165, 1.54) is 36.3 Å². The number of hydrogen-bond donors (Lipinski definition) is 0. The number of carbonyl (C=O) groups is 2. The predicted octanol–water partition coefficient (Wildman–Crippen LogP) is 4.33. The minimum atomic E-state index is -0.516. The Kier molecular flexibility index (Phi) is 4.96. The number of ether oxygens (including phenoxy) is 1. The van der Waals surface area contributed by atoms with Crippen molar-refractivity contribution in [1.29, 1.82) is 0 Å². The summed E-state index contributed by atoms with van der Waals surface area (Å²) < 4.78 is 5.28. The van der Waals surface area contributed by atoms with Gasteiger partial charge in [0.05, 0.1) is 0 Å². The Morgan fingerprint density at radius 1 is 0.885 bits per heavy atom. The first-order chi connectivity index (χ1) is 12.7. The zero-order valence-corrected chi connectivity index (χ0v) is 15.2. The highest BCUT2D eigenvalue weighted by Gasteiger charge is 2.41. The fourth-order valence-corrected chi connectivity index (χ4v) is 4.22. The molecule has 3 aliphatic rings. The Balaban J connectivity index is 1.47. The van der Waals surface area contributed by atoms with Crippen molar-refractivity contribution in [3.63, 3.8) is 0 Å². The molecule has 2 aliphatic heterocycles. The predicted molar refractivity (Wildman–Crippen MR) is 101 cm³/mol. The van der Waals surface area contributed by atoms with Gasteiger partial charge < -0.3 is 9.64 Å². The van der Waals surface area contributed by atoms with E-state index in [4.69, 9.17) is 4.74 Å². The van der Waals surface area contributed by atoms with E-state index in [1.807, 2.05) is 12.1 Å². The van der Waals surface area contributed by atoms with Crippen LogP contribution in [0.2, 0.25) is 0 Å². The molecule has 138 valence electrons. The van der Waals surface area contributed by atoms with Crippen LogP contribution in [0.15, 0.2) is 30.0 Å². The highest BCUT2D eigenvalue weighted by Crippen LogP contribution is 2.29. The molecule has 0 radical (unpaired) electrons. The molecule has 0 aromatic heterocycles. The van der Waals surface area contributed by atoms with Gasteiger partial charge in [-0.1, -0.05) is 31.4 Å². The molecule has 4 rings (SSSR count). The van der Waals surface area contributed by atoms with Gasteiger partial charge in [0.25, 0.3) is 5.91 Å². The van der Waals surface area contributed by atoms with Gasteiger partial charge in [-0.2, -0.15) is 0 Å². The SMILES string of the molecule is O=C1O/C(=C/c2ccc(N3CCCCC3)cc2)C(=O)N1C1CCCCC1. The molecule has 5 heteroatoms. The number of imide groups is 1. The molecule has 1 aliphatic carbocycles. The molecule has 26 heavy (non-hydrogen) atoms. The fraction of sp³-hybridized carbons (Fsp3) is 0.524. The maximum absolute atomic E-state index is 12.6. The normalized spacial score (nSPS) is 23.6. The Morgan fingerprint density at radius 2 is 1.54 bits per heavy atom. The number of piperidine rings is 1. The summed E-state index contributed by atoms with van der Waals surface area (Å²) in [5.41, 5.74) is 2.10. The molecule has 1 aromatic carbocycles. The lowest BCUT2D eigenvalue weighted by Gasteiger charge is -2.28. The molecule has 3 fully saturated rings. The smallest absolute Gasteiger partial charge is 0.404 e. The zero-order valence-electron chi connectivity index (χ0n) is 15.2. The average Bonchev–Trinajstić information content (AvgIpc) is 2.97. The molecule has 0 atom stereocenters. The van der Waals surface area contributed by atoms with Gasteiger partial charge in [-0.3, -0.25) is 4.79 Å². The monoisotopic (exact) mass is 354 g/mol. The molecular formula is C21H26N2O3. The Morgan fingerprint density at radius 3 is 2.23 bits per heavy atom. The number of amides is 2. The maximum atomic E-state index is 12.6. The van der Waals surface area contributed by atoms with Crippen molar-refractivity contribution in [2.24, 2.45) is 0 Å². The topological polar surface area (TPSA) is 49.9 Å². The third kappa shape index (κ3) is 3.48. The van der Waals surface area contributed by atoms with E-state index in [2.05, 4.69) is 17.0 Å². The van der Waals surface area contributed by atoms with Crippen molar-refractivity contribution in [2.75, 3.05) is 18.0 Å². The summed E-state index contributed by atoms with van der Waals surface area (Å²) in [6, 6.07) is 8.13. The lowest BCUT2D eigenvalue weighted by atomic mass is 9.94. The van der Waals surface area contributed by atoms with Gasteiger partial charge in [-0.25, -0.2) is 9.69 Å². The number of hydrogen-bond acceptors (Lipinski definition) is 4. The number of nitrogens with zero attached hydrogens (tertiary/aromatic N) is 2. The van der Waals surface area contributed by atoms with Gasteiger partial charge >= 0.3 is 6.09 Å². The molecule has 2 heterocycles. The van der Waals surface area contributed by atoms with Crippen molar-refractivity contribution in [1.82, 2.24) is 4.90 Å². The average molecular weight is 354 g/mol. The lowest BCUT2D eigenvalue weighted by Crippen LogP contribution is -2.40. The summed E-state index contributed by atoms with van der Waals surface area (Å²) in [4.78, 5) is 28.5. The van der Waals surface area contributed by atoms with Crippen molar-refractivity contribution in [3.05, 3.63) is 35.6 Å². The fourth-order valence-electron chi connectivity index (χ4n) is 4.22. The summed E-state index contributed by atoms with van der Waals surface area (Å²) in [7, 11) is 0. The first kappa shape index (κ1) is 17.1. The number of carbonyl (C=O) groups excluding carboxylic acids is 2. The number of cyclic esters (lactones) is 1. The van der Waals surface area contributed by atoms with Gasteiger partial charge in [-0.05, 0) is 55.9 Å². The Labute approximate surface area is 154 Å². The molecule has 1 saturated carbocycles. The van der Waals surface area contributed by atoms with E-state index < -0.39 is 6.09 Å². The first-order valence-corrected chi connectivity index (χ1v) is 9.84. The third-order valence-electron chi connectivity index (χ3n) is 5.68. The van der Waals surface area contributed by atoms with E-state index >= 15 is 0 Å². The minimum Gasteiger partial charge on any atom is -0.404 e. The number of anilines is 1. The van der Waals surface area contributed by atoms with Gasteiger partial charge in [-0.15, -0.1) is 0 Å². The minimum absolute atomic E-state index is 0.00359. The van der Waals surface area contributed by atoms with E-state index in [-0.39, 0.29) is 17.7 Å². The van der Waals surface area contributed by atoms with Crippen LogP contribution in [0.25, 0.3) is 6.08 Å². The molecule has 0 spiro atoms. The van der Waals surface area contributed by atoms with Crippen LogP contribution in [0.1, 0.15) is 56.9 Å². The van der Waals surface area contributed by atoms with Crippen LogP contribution in [0.3, 0.4) is 0 Å². The highest BCUT2D eigenvalue weighted by atomic mass is 16.6. The molecule has 2 saturated heterocycles. The summed E-state index contributed by atoms with van der Waals surface area (Å²) in [5, 5.41) is 0. The molecule has 1 aromatic rings. The second-order valence-corrected chi connectivity index (χ2v) is 7.48. The zero-order chi connectivity index (χ0) is 17.9. The molecular weight excluding hydrogens is 328 g/mol. The molecule has 0 N–H and O–H groups in total. The van der Waals surface area contributed by atoms with Gasteiger partial charge in [0, 0.05) is 24.8 Å². The van der Waals surface area contributed by atoms with Crippen molar-refractivity contribution < 1.29 is 14.3 Å². The maximum Gasteiger partial charge on any atom is 0.422 e. The van der Waals surface area contributed by atoms with E-state index in [1.54, 1.807) is 6.08 Å². The third-order valence-corrected chi connectivity index (χ3v) is 5.68. The second-order valence-electron chi connectivity index (χ2n) is 7.48. The summed E-state index contributed by atoms with van der Waals surface area (Å²) >= 11 is 0. The second kappa shape index (κ2) is 7.52. The van der Waals surface area contributed by atoms with Crippen molar-refractivity contribution in [3.8, 4) is 0 Å². The van der Waals surface area contributed by atoms with Crippen molar-refractivity contribution in [2.45, 2.75) is 57.4 Å². The first-order valence-electron chi connectivity index (χ1n) is 9.84. The van der Waals surface area contributed by atoms with E-state index in [0.717, 1.165) is 44.3 Å². The molecule has 0 bridgehead atoms. The quantitative estimate of drug-likeness (QED) is 0.758. The summed E-state index contributed by atoms with van der Waals surface area (Å²) in [6.45, 7) is 2.21. The highest BCUT2D eigenvalue weighted by molar-refractivity contribution is 6.10. The Bertz CT molecular complexity index is 698. The largest absolute Gasteiger partial charge is 0.422 e. The van der Waals surface area contributed by atoms with Crippen LogP contribution < -0.4 is 4.90 Å². The molecule has 2 amide bonds. The van der Waals surface area contributed by atoms with Crippen LogP contribution in [0.4, 0.5) is 10.5 Å². The van der Waals surface area contributed by atoms with E-state index in [9.17, 15) is 9.59 Å². The van der Waals surface area contributed by atoms with Crippen molar-refractivity contribution >= 4 is 23.8 Å².